The second kappa shape index (κ2) is 9.30. The number of aliphatic hydroxyl groups is 1. The quantitative estimate of drug-likeness (QED) is 0.244. The van der Waals surface area contributed by atoms with E-state index in [1.165, 1.54) is 6.92 Å². The Labute approximate surface area is 196 Å². The van der Waals surface area contributed by atoms with Gasteiger partial charge < -0.3 is 28.8 Å². The van der Waals surface area contributed by atoms with Crippen LogP contribution in [0.1, 0.15) is 47.0 Å². The first-order valence-electron chi connectivity index (χ1n) is 10.8. The van der Waals surface area contributed by atoms with Crippen LogP contribution in [-0.4, -0.2) is 77.5 Å². The largest absolute Gasteiger partial charge is 0.461 e. The van der Waals surface area contributed by atoms with Crippen molar-refractivity contribution in [2.75, 3.05) is 13.2 Å². The average Bonchev–Trinajstić information content (AvgIpc) is 3.30. The summed E-state index contributed by atoms with van der Waals surface area (Å²) in [6, 6.07) is 0. The highest BCUT2D eigenvalue weighted by atomic mass is 16.7. The van der Waals surface area contributed by atoms with Crippen LogP contribution in [0.15, 0.2) is 23.3 Å². The summed E-state index contributed by atoms with van der Waals surface area (Å²) in [5.41, 5.74) is -2.73. The van der Waals surface area contributed by atoms with Crippen LogP contribution in [0.4, 0.5) is 0 Å². The van der Waals surface area contributed by atoms with Crippen LogP contribution >= 0.6 is 0 Å². The lowest BCUT2D eigenvalue weighted by atomic mass is 9.80. The zero-order chi connectivity index (χ0) is 25.4. The second-order valence-electron chi connectivity index (χ2n) is 9.00. The number of esters is 4. The molecule has 1 aliphatic carbocycles. The molecule has 2 heterocycles. The monoisotopic (exact) mass is 480 g/mol. The molecule has 11 heteroatoms. The van der Waals surface area contributed by atoms with Crippen molar-refractivity contribution in [2.24, 2.45) is 0 Å². The van der Waals surface area contributed by atoms with E-state index in [0.717, 1.165) is 13.8 Å². The maximum Gasteiger partial charge on any atom is 0.338 e. The van der Waals surface area contributed by atoms with Crippen LogP contribution in [0.3, 0.4) is 0 Å². The van der Waals surface area contributed by atoms with Gasteiger partial charge >= 0.3 is 23.9 Å². The molecule has 186 valence electrons. The van der Waals surface area contributed by atoms with E-state index in [9.17, 15) is 29.1 Å². The maximum atomic E-state index is 13.2. The van der Waals surface area contributed by atoms with Crippen LogP contribution in [0, 0.1) is 0 Å². The number of carbonyl (C=O) groups excluding carboxylic acids is 5. The van der Waals surface area contributed by atoms with E-state index >= 15 is 0 Å². The zero-order valence-corrected chi connectivity index (χ0v) is 19.5. The van der Waals surface area contributed by atoms with E-state index in [1.54, 1.807) is 6.92 Å². The highest BCUT2D eigenvalue weighted by Gasteiger charge is 2.63. The number of ketones is 1. The van der Waals surface area contributed by atoms with E-state index in [-0.39, 0.29) is 36.0 Å². The summed E-state index contributed by atoms with van der Waals surface area (Å²) in [6.45, 7) is 7.74. The van der Waals surface area contributed by atoms with E-state index < -0.39 is 72.4 Å². The summed E-state index contributed by atoms with van der Waals surface area (Å²) in [5, 5.41) is 9.30. The summed E-state index contributed by atoms with van der Waals surface area (Å²) in [5.74, 6) is -3.58. The van der Waals surface area contributed by atoms with Crippen LogP contribution in [-0.2, 0) is 47.7 Å². The molecule has 1 saturated carbocycles. The third kappa shape index (κ3) is 5.05. The Bertz CT molecular complexity index is 979. The van der Waals surface area contributed by atoms with Gasteiger partial charge in [0.2, 0.25) is 0 Å². The van der Waals surface area contributed by atoms with Gasteiger partial charge in [-0.25, -0.2) is 9.59 Å². The highest BCUT2D eigenvalue weighted by Crippen LogP contribution is 2.50. The van der Waals surface area contributed by atoms with Gasteiger partial charge in [0.15, 0.2) is 17.5 Å². The third-order valence-corrected chi connectivity index (χ3v) is 6.23. The molecule has 1 N–H and O–H groups in total. The molecule has 1 saturated heterocycles. The van der Waals surface area contributed by atoms with Gasteiger partial charge in [0.1, 0.15) is 18.8 Å². The van der Waals surface area contributed by atoms with Crippen LogP contribution in [0.2, 0.25) is 0 Å². The molecule has 0 spiro atoms. The van der Waals surface area contributed by atoms with Gasteiger partial charge in [-0.3, -0.25) is 14.4 Å². The first kappa shape index (κ1) is 25.6. The van der Waals surface area contributed by atoms with Gasteiger partial charge in [-0.2, -0.15) is 0 Å². The molecule has 3 aliphatic rings. The average molecular weight is 480 g/mol. The molecule has 5 atom stereocenters. The number of fused-ring (bicyclic) bond motifs is 3. The molecule has 0 aromatic heterocycles. The lowest BCUT2D eigenvalue weighted by Crippen LogP contribution is -2.47. The standard InChI is InChI=1S/C23H28O11/c1-11(9-24)20(28)31-15-8-23(5,33-13(3)26)16(27)6-7-22(4)19(34-22)18-17(15)14(21(29)32-18)10-30-12(2)25/h15,18-19,24H,1,6-10H2,2-5H3/t15?,18-,19+,22+,23+/m0/s1. The number of rotatable bonds is 6. The Morgan fingerprint density at radius 2 is 1.85 bits per heavy atom. The fourth-order valence-electron chi connectivity index (χ4n) is 4.30. The molecule has 0 radical (unpaired) electrons. The minimum absolute atomic E-state index is 0.000807. The van der Waals surface area contributed by atoms with E-state index in [4.69, 9.17) is 23.7 Å². The van der Waals surface area contributed by atoms with Crippen LogP contribution < -0.4 is 0 Å². The van der Waals surface area contributed by atoms with Gasteiger partial charge in [0.05, 0.1) is 23.4 Å². The van der Waals surface area contributed by atoms with Crippen molar-refractivity contribution in [1.29, 1.82) is 0 Å². The highest BCUT2D eigenvalue weighted by molar-refractivity contribution is 5.95. The predicted molar refractivity (Wildman–Crippen MR) is 112 cm³/mol. The molecule has 2 fully saturated rings. The number of hydrogen-bond donors (Lipinski definition) is 1. The van der Waals surface area contributed by atoms with E-state index in [1.807, 2.05) is 0 Å². The molecular weight excluding hydrogens is 452 g/mol. The normalized spacial score (nSPS) is 32.7. The summed E-state index contributed by atoms with van der Waals surface area (Å²) >= 11 is 0. The Hall–Kier alpha value is -3.05. The molecule has 0 amide bonds. The van der Waals surface area contributed by atoms with Crippen molar-refractivity contribution in [2.45, 2.75) is 76.5 Å². The number of Topliss-reactive ketones (excluding diaryl/α,β-unsaturated/α-hetero) is 1. The van der Waals surface area contributed by atoms with E-state index in [2.05, 4.69) is 6.58 Å². The Kier molecular flexibility index (Phi) is 6.99. The third-order valence-electron chi connectivity index (χ3n) is 6.23. The molecule has 1 unspecified atom stereocenters. The lowest BCUT2D eigenvalue weighted by Gasteiger charge is -2.34. The van der Waals surface area contributed by atoms with Gasteiger partial charge in [-0.15, -0.1) is 0 Å². The topological polar surface area (TPSA) is 155 Å². The predicted octanol–water partition coefficient (Wildman–Crippen LogP) is 0.464. The number of ether oxygens (including phenoxy) is 5. The SMILES string of the molecule is C=C(CO)C(=O)OC1C[C@@](C)(OC(C)=O)C(=O)CC[C@@]2(C)O[C@@H]2[C@H]2OC(=O)C(COC(C)=O)=C12. The van der Waals surface area contributed by atoms with Crippen molar-refractivity contribution >= 4 is 29.7 Å². The van der Waals surface area contributed by atoms with Crippen LogP contribution in [0.5, 0.6) is 0 Å². The van der Waals surface area contributed by atoms with Crippen molar-refractivity contribution in [3.8, 4) is 0 Å². The maximum absolute atomic E-state index is 13.2. The smallest absolute Gasteiger partial charge is 0.338 e. The number of aliphatic hydroxyl groups excluding tert-OH is 1. The van der Waals surface area contributed by atoms with Crippen molar-refractivity contribution in [1.82, 2.24) is 0 Å². The molecule has 2 aliphatic heterocycles. The Balaban J connectivity index is 2.14. The molecule has 0 aromatic rings. The van der Waals surface area contributed by atoms with Gasteiger partial charge in [0.25, 0.3) is 0 Å². The Morgan fingerprint density at radius 1 is 1.18 bits per heavy atom. The first-order valence-corrected chi connectivity index (χ1v) is 10.8. The second-order valence-corrected chi connectivity index (χ2v) is 9.00. The molecule has 34 heavy (non-hydrogen) atoms. The fourth-order valence-corrected chi connectivity index (χ4v) is 4.30. The molecule has 0 aromatic carbocycles. The molecule has 0 bridgehead atoms. The number of carbonyl (C=O) groups is 5. The minimum atomic E-state index is -1.72. The fraction of sp³-hybridized carbons (Fsp3) is 0.609. The summed E-state index contributed by atoms with van der Waals surface area (Å²) < 4.78 is 27.3. The number of epoxide rings is 1. The van der Waals surface area contributed by atoms with Gasteiger partial charge in [0, 0.05) is 32.3 Å². The number of hydrogen-bond acceptors (Lipinski definition) is 11. The summed E-state index contributed by atoms with van der Waals surface area (Å²) in [7, 11) is 0. The van der Waals surface area contributed by atoms with Crippen LogP contribution in [0.25, 0.3) is 0 Å². The van der Waals surface area contributed by atoms with Gasteiger partial charge in [-0.05, 0) is 20.3 Å². The Morgan fingerprint density at radius 3 is 2.44 bits per heavy atom. The van der Waals surface area contributed by atoms with Crippen molar-refractivity contribution < 1.29 is 52.8 Å². The molecule has 3 rings (SSSR count). The first-order chi connectivity index (χ1) is 15.8. The lowest BCUT2D eigenvalue weighted by molar-refractivity contribution is -0.169. The minimum Gasteiger partial charge on any atom is -0.461 e. The summed E-state index contributed by atoms with van der Waals surface area (Å²) in [6.07, 6.45) is -3.00. The van der Waals surface area contributed by atoms with Crippen molar-refractivity contribution in [3.63, 3.8) is 0 Å². The molecule has 11 nitrogen and oxygen atoms in total. The van der Waals surface area contributed by atoms with E-state index in [0.29, 0.717) is 0 Å². The van der Waals surface area contributed by atoms with Gasteiger partial charge in [-0.1, -0.05) is 6.58 Å². The van der Waals surface area contributed by atoms with Crippen molar-refractivity contribution in [3.05, 3.63) is 23.3 Å². The molecular formula is C23H28O11. The zero-order valence-electron chi connectivity index (χ0n) is 19.5. The summed E-state index contributed by atoms with van der Waals surface area (Å²) in [4.78, 5) is 61.8.